The molecule has 1 aromatic rings. The first-order valence-corrected chi connectivity index (χ1v) is 6.21. The van der Waals surface area contributed by atoms with Crippen LogP contribution in [0.25, 0.3) is 0 Å². The van der Waals surface area contributed by atoms with Gasteiger partial charge in [0.05, 0.1) is 6.04 Å². The van der Waals surface area contributed by atoms with Crippen molar-refractivity contribution in [3.8, 4) is 0 Å². The molecule has 2 N–H and O–H groups in total. The van der Waals surface area contributed by atoms with Crippen LogP contribution >= 0.6 is 0 Å². The molecule has 94 valence electrons. The van der Waals surface area contributed by atoms with E-state index in [2.05, 4.69) is 24.5 Å². The Morgan fingerprint density at radius 2 is 1.88 bits per heavy atom. The minimum Gasteiger partial charge on any atom is -0.355 e. The molecule has 1 aromatic carbocycles. The Morgan fingerprint density at radius 1 is 1.24 bits per heavy atom. The van der Waals surface area contributed by atoms with E-state index in [0.29, 0.717) is 12.6 Å². The second-order valence-electron chi connectivity index (χ2n) is 4.46. The molecule has 0 aliphatic carbocycles. The molecular weight excluding hydrogens is 212 g/mol. The van der Waals surface area contributed by atoms with Gasteiger partial charge in [0.25, 0.3) is 0 Å². The zero-order valence-corrected chi connectivity index (χ0v) is 10.9. The van der Waals surface area contributed by atoms with Crippen molar-refractivity contribution in [1.82, 2.24) is 10.6 Å². The van der Waals surface area contributed by atoms with Gasteiger partial charge in [-0.25, -0.2) is 0 Å². The largest absolute Gasteiger partial charge is 0.355 e. The maximum absolute atomic E-state index is 11.9. The second-order valence-corrected chi connectivity index (χ2v) is 4.46. The summed E-state index contributed by atoms with van der Waals surface area (Å²) in [7, 11) is 0. The summed E-state index contributed by atoms with van der Waals surface area (Å²) >= 11 is 0. The van der Waals surface area contributed by atoms with Crippen LogP contribution in [-0.4, -0.2) is 24.5 Å². The highest BCUT2D eigenvalue weighted by atomic mass is 16.2. The SMILES string of the molecule is CCNC(=O)[C@H](Cc1ccccc1)NC(C)C. The molecule has 0 aliphatic heterocycles. The van der Waals surface area contributed by atoms with E-state index in [1.807, 2.05) is 37.3 Å². The van der Waals surface area contributed by atoms with Crippen LogP contribution in [0.1, 0.15) is 26.3 Å². The Hall–Kier alpha value is -1.35. The summed E-state index contributed by atoms with van der Waals surface area (Å²) in [5.41, 5.74) is 1.18. The Kier molecular flexibility index (Phi) is 5.70. The van der Waals surface area contributed by atoms with Crippen LogP contribution in [0.3, 0.4) is 0 Å². The lowest BCUT2D eigenvalue weighted by Gasteiger charge is -2.20. The molecule has 3 nitrogen and oxygen atoms in total. The third-order valence-corrected chi connectivity index (χ3v) is 2.48. The van der Waals surface area contributed by atoms with Crippen molar-refractivity contribution in [2.45, 2.75) is 39.3 Å². The predicted molar refractivity (Wildman–Crippen MR) is 70.9 cm³/mol. The minimum absolute atomic E-state index is 0.0741. The zero-order chi connectivity index (χ0) is 12.7. The summed E-state index contributed by atoms with van der Waals surface area (Å²) in [6, 6.07) is 10.2. The Balaban J connectivity index is 2.66. The molecule has 17 heavy (non-hydrogen) atoms. The van der Waals surface area contributed by atoms with Crippen molar-refractivity contribution in [3.05, 3.63) is 35.9 Å². The van der Waals surface area contributed by atoms with Gasteiger partial charge in [-0.3, -0.25) is 4.79 Å². The van der Waals surface area contributed by atoms with E-state index in [1.165, 1.54) is 5.56 Å². The first-order chi connectivity index (χ1) is 8.13. The molecular formula is C14H22N2O. The second kappa shape index (κ2) is 7.07. The number of hydrogen-bond donors (Lipinski definition) is 2. The van der Waals surface area contributed by atoms with Gasteiger partial charge in [-0.1, -0.05) is 44.2 Å². The van der Waals surface area contributed by atoms with Gasteiger partial charge in [0.1, 0.15) is 0 Å². The Morgan fingerprint density at radius 3 is 2.41 bits per heavy atom. The number of amides is 1. The highest BCUT2D eigenvalue weighted by Crippen LogP contribution is 2.04. The maximum atomic E-state index is 11.9. The van der Waals surface area contributed by atoms with E-state index in [-0.39, 0.29) is 11.9 Å². The van der Waals surface area contributed by atoms with E-state index < -0.39 is 0 Å². The number of likely N-dealkylation sites (N-methyl/N-ethyl adjacent to an activating group) is 1. The minimum atomic E-state index is -0.155. The molecule has 0 aliphatic rings. The zero-order valence-electron chi connectivity index (χ0n) is 10.9. The van der Waals surface area contributed by atoms with Gasteiger partial charge in [-0.05, 0) is 18.9 Å². The van der Waals surface area contributed by atoms with Crippen LogP contribution in [0.2, 0.25) is 0 Å². The summed E-state index contributed by atoms with van der Waals surface area (Å²) in [5.74, 6) is 0.0741. The van der Waals surface area contributed by atoms with Crippen LogP contribution in [-0.2, 0) is 11.2 Å². The van der Waals surface area contributed by atoms with Gasteiger partial charge >= 0.3 is 0 Å². The van der Waals surface area contributed by atoms with Crippen LogP contribution in [0, 0.1) is 0 Å². The Labute approximate surface area is 104 Å². The first kappa shape index (κ1) is 13.7. The normalized spacial score (nSPS) is 12.5. The van der Waals surface area contributed by atoms with Crippen molar-refractivity contribution in [1.29, 1.82) is 0 Å². The molecule has 0 heterocycles. The number of hydrogen-bond acceptors (Lipinski definition) is 2. The van der Waals surface area contributed by atoms with Crippen LogP contribution < -0.4 is 10.6 Å². The van der Waals surface area contributed by atoms with E-state index in [0.717, 1.165) is 6.42 Å². The highest BCUT2D eigenvalue weighted by molar-refractivity contribution is 5.82. The molecule has 0 bridgehead atoms. The van der Waals surface area contributed by atoms with Crippen LogP contribution in [0.15, 0.2) is 30.3 Å². The molecule has 3 heteroatoms. The van der Waals surface area contributed by atoms with E-state index in [9.17, 15) is 4.79 Å². The summed E-state index contributed by atoms with van der Waals surface area (Å²) < 4.78 is 0. The average Bonchev–Trinajstić information content (AvgIpc) is 2.29. The molecule has 0 saturated carbocycles. The standard InChI is InChI=1S/C14H22N2O/c1-4-15-14(17)13(16-11(2)3)10-12-8-6-5-7-9-12/h5-9,11,13,16H,4,10H2,1-3H3,(H,15,17)/t13-/m0/s1. The molecule has 0 saturated heterocycles. The van der Waals surface area contributed by atoms with Gasteiger partial charge < -0.3 is 10.6 Å². The lowest BCUT2D eigenvalue weighted by molar-refractivity contribution is -0.123. The third kappa shape index (κ3) is 5.00. The lowest BCUT2D eigenvalue weighted by Crippen LogP contribution is -2.48. The summed E-state index contributed by atoms with van der Waals surface area (Å²) in [6.45, 7) is 6.71. The van der Waals surface area contributed by atoms with Crippen molar-refractivity contribution in [3.63, 3.8) is 0 Å². The van der Waals surface area contributed by atoms with Crippen molar-refractivity contribution < 1.29 is 4.79 Å². The van der Waals surface area contributed by atoms with Gasteiger partial charge in [0.2, 0.25) is 5.91 Å². The van der Waals surface area contributed by atoms with E-state index >= 15 is 0 Å². The van der Waals surface area contributed by atoms with Gasteiger partial charge in [-0.2, -0.15) is 0 Å². The molecule has 1 rings (SSSR count). The van der Waals surface area contributed by atoms with Crippen molar-refractivity contribution in [2.75, 3.05) is 6.54 Å². The smallest absolute Gasteiger partial charge is 0.237 e. The summed E-state index contributed by atoms with van der Waals surface area (Å²) in [5, 5.41) is 6.17. The fraction of sp³-hybridized carbons (Fsp3) is 0.500. The van der Waals surface area contributed by atoms with Crippen molar-refractivity contribution >= 4 is 5.91 Å². The summed E-state index contributed by atoms with van der Waals surface area (Å²) in [6.07, 6.45) is 0.727. The molecule has 0 unspecified atom stereocenters. The fourth-order valence-electron chi connectivity index (χ4n) is 1.78. The topological polar surface area (TPSA) is 41.1 Å². The van der Waals surface area contributed by atoms with E-state index in [1.54, 1.807) is 0 Å². The van der Waals surface area contributed by atoms with Crippen molar-refractivity contribution in [2.24, 2.45) is 0 Å². The van der Waals surface area contributed by atoms with Gasteiger partial charge in [-0.15, -0.1) is 0 Å². The number of carbonyl (C=O) groups is 1. The van der Waals surface area contributed by atoms with Gasteiger partial charge in [0, 0.05) is 12.6 Å². The average molecular weight is 234 g/mol. The predicted octanol–water partition coefficient (Wildman–Crippen LogP) is 1.73. The third-order valence-electron chi connectivity index (χ3n) is 2.48. The number of carbonyl (C=O) groups excluding carboxylic acids is 1. The highest BCUT2D eigenvalue weighted by Gasteiger charge is 2.18. The van der Waals surface area contributed by atoms with Crippen LogP contribution in [0.4, 0.5) is 0 Å². The Bertz CT molecular complexity index is 335. The molecule has 0 aromatic heterocycles. The first-order valence-electron chi connectivity index (χ1n) is 6.21. The van der Waals surface area contributed by atoms with Gasteiger partial charge in [0.15, 0.2) is 0 Å². The molecule has 1 atom stereocenters. The number of nitrogens with one attached hydrogen (secondary N) is 2. The summed E-state index contributed by atoms with van der Waals surface area (Å²) in [4.78, 5) is 11.9. The fourth-order valence-corrected chi connectivity index (χ4v) is 1.78. The molecule has 0 spiro atoms. The molecule has 1 amide bonds. The number of benzene rings is 1. The van der Waals surface area contributed by atoms with E-state index in [4.69, 9.17) is 0 Å². The molecule has 0 radical (unpaired) electrons. The lowest BCUT2D eigenvalue weighted by atomic mass is 10.0. The quantitative estimate of drug-likeness (QED) is 0.787. The number of rotatable bonds is 6. The van der Waals surface area contributed by atoms with Crippen LogP contribution in [0.5, 0.6) is 0 Å². The maximum Gasteiger partial charge on any atom is 0.237 e. The molecule has 0 fully saturated rings. The monoisotopic (exact) mass is 234 g/mol.